The van der Waals surface area contributed by atoms with Crippen LogP contribution in [0.25, 0.3) is 0 Å². The molecular weight excluding hydrogens is 280 g/mol. The van der Waals surface area contributed by atoms with E-state index in [0.29, 0.717) is 28.1 Å². The van der Waals surface area contributed by atoms with Crippen molar-refractivity contribution in [1.82, 2.24) is 10.2 Å². The van der Waals surface area contributed by atoms with Crippen LogP contribution >= 0.6 is 11.6 Å². The minimum Gasteiger partial charge on any atom is -0.482 e. The summed E-state index contributed by atoms with van der Waals surface area (Å²) in [6.07, 6.45) is 0. The first-order valence-corrected chi connectivity index (χ1v) is 6.60. The van der Waals surface area contributed by atoms with Gasteiger partial charge in [0.2, 0.25) is 5.89 Å². The van der Waals surface area contributed by atoms with Gasteiger partial charge in [0.25, 0.3) is 5.89 Å². The molecule has 0 saturated heterocycles. The van der Waals surface area contributed by atoms with E-state index < -0.39 is 0 Å². The zero-order valence-corrected chi connectivity index (χ0v) is 12.3. The summed E-state index contributed by atoms with van der Waals surface area (Å²) < 4.78 is 10.9. The monoisotopic (exact) mass is 294 g/mol. The second kappa shape index (κ2) is 6.05. The van der Waals surface area contributed by atoms with E-state index in [2.05, 4.69) is 10.2 Å². The number of benzene rings is 1. The summed E-state index contributed by atoms with van der Waals surface area (Å²) >= 11 is 6.05. The van der Waals surface area contributed by atoms with Gasteiger partial charge >= 0.3 is 0 Å². The summed E-state index contributed by atoms with van der Waals surface area (Å²) in [7, 11) is 0. The number of ether oxygens (including phenoxy) is 1. The summed E-state index contributed by atoms with van der Waals surface area (Å²) in [5.74, 6) is 1.56. The average molecular weight is 295 g/mol. The number of hydrogen-bond acceptors (Lipinski definition) is 5. The Hall–Kier alpha value is -1.88. The molecule has 1 aromatic carbocycles. The van der Waals surface area contributed by atoms with Crippen LogP contribution in [0.15, 0.2) is 22.6 Å². The van der Waals surface area contributed by atoms with Crippen molar-refractivity contribution < 1.29 is 13.9 Å². The molecule has 0 aliphatic carbocycles. The van der Waals surface area contributed by atoms with Crippen LogP contribution in [-0.2, 0) is 6.61 Å². The van der Waals surface area contributed by atoms with Gasteiger partial charge in [-0.25, -0.2) is 0 Å². The normalized spacial score (nSPS) is 10.8. The van der Waals surface area contributed by atoms with Gasteiger partial charge in [0.05, 0.1) is 5.02 Å². The summed E-state index contributed by atoms with van der Waals surface area (Å²) in [5, 5.41) is 8.18. The van der Waals surface area contributed by atoms with Crippen molar-refractivity contribution in [2.45, 2.75) is 33.3 Å². The largest absolute Gasteiger partial charge is 0.482 e. The van der Waals surface area contributed by atoms with Crippen LogP contribution in [0, 0.1) is 0 Å². The predicted molar refractivity (Wildman–Crippen MR) is 74.2 cm³/mol. The maximum Gasteiger partial charge on any atom is 0.253 e. The van der Waals surface area contributed by atoms with Gasteiger partial charge in [-0.3, -0.25) is 4.79 Å². The highest BCUT2D eigenvalue weighted by molar-refractivity contribution is 6.32. The number of hydrogen-bond donors (Lipinski definition) is 0. The van der Waals surface area contributed by atoms with E-state index >= 15 is 0 Å². The molecule has 1 aromatic heterocycles. The maximum absolute atomic E-state index is 11.2. The van der Waals surface area contributed by atoms with Crippen LogP contribution in [-0.4, -0.2) is 16.0 Å². The number of nitrogens with zero attached hydrogens (tertiary/aromatic N) is 2. The smallest absolute Gasteiger partial charge is 0.253 e. The van der Waals surface area contributed by atoms with Crippen LogP contribution in [0.5, 0.6) is 5.75 Å². The van der Waals surface area contributed by atoms with Crippen molar-refractivity contribution in [3.8, 4) is 5.75 Å². The number of halogens is 1. The van der Waals surface area contributed by atoms with Crippen molar-refractivity contribution >= 4 is 17.4 Å². The minimum atomic E-state index is -0.0445. The Morgan fingerprint density at radius 1 is 1.40 bits per heavy atom. The standard InChI is InChI=1S/C14H15ClN2O3/c1-8(2)14-17-16-13(20-14)7-19-12-5-4-10(9(3)18)6-11(12)15/h4-6,8H,7H2,1-3H3. The van der Waals surface area contributed by atoms with Crippen LogP contribution in [0.2, 0.25) is 5.02 Å². The van der Waals surface area contributed by atoms with Crippen LogP contribution in [0.4, 0.5) is 0 Å². The lowest BCUT2D eigenvalue weighted by molar-refractivity contribution is 0.101. The number of carbonyl (C=O) groups excluding carboxylic acids is 1. The molecule has 0 N–H and O–H groups in total. The zero-order valence-electron chi connectivity index (χ0n) is 11.5. The molecule has 0 aliphatic rings. The molecule has 1 heterocycles. The van der Waals surface area contributed by atoms with Crippen LogP contribution in [0.1, 0.15) is 48.8 Å². The molecule has 20 heavy (non-hydrogen) atoms. The Morgan fingerprint density at radius 2 is 2.15 bits per heavy atom. The third-order valence-electron chi connectivity index (χ3n) is 2.67. The van der Waals surface area contributed by atoms with Crippen molar-refractivity contribution in [2.75, 3.05) is 0 Å². The predicted octanol–water partition coefficient (Wildman–Crippen LogP) is 3.63. The van der Waals surface area contributed by atoms with Crippen LogP contribution in [0.3, 0.4) is 0 Å². The first-order valence-electron chi connectivity index (χ1n) is 6.23. The third kappa shape index (κ3) is 3.36. The highest BCUT2D eigenvalue weighted by Crippen LogP contribution is 2.26. The molecule has 0 saturated carbocycles. The first kappa shape index (κ1) is 14.5. The van der Waals surface area contributed by atoms with Gasteiger partial charge < -0.3 is 9.15 Å². The molecular formula is C14H15ClN2O3. The first-order chi connectivity index (χ1) is 9.47. The van der Waals surface area contributed by atoms with Gasteiger partial charge in [0.1, 0.15) is 5.75 Å². The molecule has 5 nitrogen and oxygen atoms in total. The van der Waals surface area contributed by atoms with E-state index in [4.69, 9.17) is 20.8 Å². The van der Waals surface area contributed by atoms with E-state index in [0.717, 1.165) is 0 Å². The van der Waals surface area contributed by atoms with Crippen molar-refractivity contribution in [1.29, 1.82) is 0 Å². The fourth-order valence-electron chi connectivity index (χ4n) is 1.53. The van der Waals surface area contributed by atoms with Gasteiger partial charge in [0, 0.05) is 11.5 Å². The molecule has 0 unspecified atom stereocenters. The lowest BCUT2D eigenvalue weighted by atomic mass is 10.1. The number of carbonyl (C=O) groups is 1. The van der Waals surface area contributed by atoms with Gasteiger partial charge in [-0.1, -0.05) is 25.4 Å². The van der Waals surface area contributed by atoms with Gasteiger partial charge in [-0.15, -0.1) is 10.2 Å². The van der Waals surface area contributed by atoms with Crippen LogP contribution < -0.4 is 4.74 Å². The van der Waals surface area contributed by atoms with Crippen molar-refractivity contribution in [3.63, 3.8) is 0 Å². The summed E-state index contributed by atoms with van der Waals surface area (Å²) in [5.41, 5.74) is 0.544. The fourth-order valence-corrected chi connectivity index (χ4v) is 1.77. The number of aromatic nitrogens is 2. The molecule has 0 atom stereocenters. The summed E-state index contributed by atoms with van der Waals surface area (Å²) in [6.45, 7) is 5.56. The highest BCUT2D eigenvalue weighted by atomic mass is 35.5. The second-order valence-corrected chi connectivity index (χ2v) is 5.09. The summed E-state index contributed by atoms with van der Waals surface area (Å²) in [6, 6.07) is 4.89. The minimum absolute atomic E-state index is 0.0445. The highest BCUT2D eigenvalue weighted by Gasteiger charge is 2.11. The van der Waals surface area contributed by atoms with E-state index in [9.17, 15) is 4.79 Å². The number of ketones is 1. The van der Waals surface area contributed by atoms with Gasteiger partial charge in [0.15, 0.2) is 12.4 Å². The summed E-state index contributed by atoms with van der Waals surface area (Å²) in [4.78, 5) is 11.2. The molecule has 0 fully saturated rings. The molecule has 0 bridgehead atoms. The lowest BCUT2D eigenvalue weighted by Crippen LogP contribution is -1.98. The number of Topliss-reactive ketones (excluding diaryl/α,β-unsaturated/α-hetero) is 1. The maximum atomic E-state index is 11.2. The molecule has 106 valence electrons. The quantitative estimate of drug-likeness (QED) is 0.788. The molecule has 2 aromatic rings. The molecule has 6 heteroatoms. The topological polar surface area (TPSA) is 65.2 Å². The van der Waals surface area contributed by atoms with E-state index in [-0.39, 0.29) is 18.3 Å². The van der Waals surface area contributed by atoms with Crippen molar-refractivity contribution in [3.05, 3.63) is 40.6 Å². The van der Waals surface area contributed by atoms with E-state index in [1.165, 1.54) is 6.92 Å². The van der Waals surface area contributed by atoms with Gasteiger partial charge in [-0.2, -0.15) is 0 Å². The Morgan fingerprint density at radius 3 is 2.70 bits per heavy atom. The Kier molecular flexibility index (Phi) is 4.39. The molecule has 0 spiro atoms. The Balaban J connectivity index is 2.05. The Bertz CT molecular complexity index is 623. The Labute approximate surface area is 121 Å². The SMILES string of the molecule is CC(=O)c1ccc(OCc2nnc(C(C)C)o2)c(Cl)c1. The number of rotatable bonds is 5. The molecule has 0 aliphatic heterocycles. The second-order valence-electron chi connectivity index (χ2n) is 4.68. The van der Waals surface area contributed by atoms with E-state index in [1.807, 2.05) is 13.8 Å². The van der Waals surface area contributed by atoms with Gasteiger partial charge in [-0.05, 0) is 25.1 Å². The molecule has 0 radical (unpaired) electrons. The zero-order chi connectivity index (χ0) is 14.7. The van der Waals surface area contributed by atoms with Crippen molar-refractivity contribution in [2.24, 2.45) is 0 Å². The third-order valence-corrected chi connectivity index (χ3v) is 2.96. The van der Waals surface area contributed by atoms with E-state index in [1.54, 1.807) is 18.2 Å². The molecule has 0 amide bonds. The lowest BCUT2D eigenvalue weighted by Gasteiger charge is -2.06. The molecule has 2 rings (SSSR count). The fraction of sp³-hybridized carbons (Fsp3) is 0.357. The average Bonchev–Trinajstić information content (AvgIpc) is 2.86.